The van der Waals surface area contributed by atoms with Crippen LogP contribution in [-0.2, 0) is 21.2 Å². The quantitative estimate of drug-likeness (QED) is 0.371. The van der Waals surface area contributed by atoms with Crippen molar-refractivity contribution in [3.63, 3.8) is 0 Å². The highest BCUT2D eigenvalue weighted by Crippen LogP contribution is 2.43. The van der Waals surface area contributed by atoms with Gasteiger partial charge in [-0.1, -0.05) is 11.6 Å². The Labute approximate surface area is 213 Å². The summed E-state index contributed by atoms with van der Waals surface area (Å²) in [6.45, 7) is 1.85. The second-order valence-electron chi connectivity index (χ2n) is 8.74. The van der Waals surface area contributed by atoms with Crippen molar-refractivity contribution < 1.29 is 22.3 Å². The number of benzene rings is 1. The predicted molar refractivity (Wildman–Crippen MR) is 134 cm³/mol. The van der Waals surface area contributed by atoms with Crippen LogP contribution in [0.5, 0.6) is 0 Å². The smallest absolute Gasteiger partial charge is 0.407 e. The lowest BCUT2D eigenvalue weighted by molar-refractivity contribution is 0.167. The molecule has 0 radical (unpaired) electrons. The first-order valence-corrected chi connectivity index (χ1v) is 13.5. The zero-order valence-electron chi connectivity index (χ0n) is 19.9. The van der Waals surface area contributed by atoms with Gasteiger partial charge in [-0.2, -0.15) is 0 Å². The zero-order valence-corrected chi connectivity index (χ0v) is 21.5. The molecular formula is C23H26ClFN6O4S. The molecule has 0 spiro atoms. The number of aryl methyl sites for hydroxylation is 1. The number of amides is 1. The minimum atomic E-state index is -3.69. The first-order chi connectivity index (χ1) is 17.0. The largest absolute Gasteiger partial charge is 0.453 e. The molecule has 10 nitrogen and oxygen atoms in total. The summed E-state index contributed by atoms with van der Waals surface area (Å²) in [6.07, 6.45) is 5.08. The van der Waals surface area contributed by atoms with Crippen molar-refractivity contribution >= 4 is 33.4 Å². The second-order valence-corrected chi connectivity index (χ2v) is 10.9. The van der Waals surface area contributed by atoms with Crippen LogP contribution in [0.15, 0.2) is 24.4 Å². The molecular weight excluding hydrogens is 511 g/mol. The third-order valence-electron chi connectivity index (χ3n) is 5.59. The number of aromatic nitrogens is 4. The SMILES string of the molecule is COC(=O)N[C@H](C)CCc1nccc(-c2[nH]c(C3CC3)nc2-c2cc(F)cc(NS(C)(=O)=O)c2Cl)n1. The van der Waals surface area contributed by atoms with Crippen molar-refractivity contribution in [2.24, 2.45) is 0 Å². The number of methoxy groups -OCH3 is 1. The Bertz CT molecular complexity index is 1390. The molecule has 1 saturated carbocycles. The molecule has 3 N–H and O–H groups in total. The van der Waals surface area contributed by atoms with E-state index in [2.05, 4.69) is 29.7 Å². The van der Waals surface area contributed by atoms with Gasteiger partial charge in [-0.15, -0.1) is 0 Å². The fourth-order valence-electron chi connectivity index (χ4n) is 3.69. The average Bonchev–Trinajstić information content (AvgIpc) is 3.57. The lowest BCUT2D eigenvalue weighted by atomic mass is 10.1. The van der Waals surface area contributed by atoms with Crippen molar-refractivity contribution in [2.45, 2.75) is 44.6 Å². The van der Waals surface area contributed by atoms with Crippen LogP contribution < -0.4 is 10.0 Å². The number of nitrogens with zero attached hydrogens (tertiary/aromatic N) is 3. The van der Waals surface area contributed by atoms with E-state index in [0.29, 0.717) is 35.7 Å². The second kappa shape index (κ2) is 10.4. The number of hydrogen-bond donors (Lipinski definition) is 3. The molecule has 192 valence electrons. The van der Waals surface area contributed by atoms with Crippen LogP contribution in [0.3, 0.4) is 0 Å². The summed E-state index contributed by atoms with van der Waals surface area (Å²) in [5.74, 6) is 0.862. The molecule has 2 aromatic heterocycles. The van der Waals surface area contributed by atoms with Gasteiger partial charge in [0.2, 0.25) is 10.0 Å². The van der Waals surface area contributed by atoms with E-state index < -0.39 is 21.9 Å². The Morgan fingerprint density at radius 2 is 2.08 bits per heavy atom. The van der Waals surface area contributed by atoms with E-state index in [1.807, 2.05) is 6.92 Å². The number of ether oxygens (including phenoxy) is 1. The highest BCUT2D eigenvalue weighted by atomic mass is 35.5. The minimum absolute atomic E-state index is 0.0221. The van der Waals surface area contributed by atoms with Gasteiger partial charge < -0.3 is 15.0 Å². The molecule has 1 aliphatic carbocycles. The highest BCUT2D eigenvalue weighted by molar-refractivity contribution is 7.92. The first kappa shape index (κ1) is 25.8. The number of aromatic amines is 1. The van der Waals surface area contributed by atoms with Gasteiger partial charge in [0, 0.05) is 30.1 Å². The number of H-pyrrole nitrogens is 1. The van der Waals surface area contributed by atoms with Crippen molar-refractivity contribution in [2.75, 3.05) is 18.1 Å². The fraction of sp³-hybridized carbons (Fsp3) is 0.391. The minimum Gasteiger partial charge on any atom is -0.453 e. The maximum Gasteiger partial charge on any atom is 0.407 e. The van der Waals surface area contributed by atoms with Gasteiger partial charge in [-0.3, -0.25) is 4.72 Å². The molecule has 0 unspecified atom stereocenters. The Balaban J connectivity index is 1.70. The van der Waals surface area contributed by atoms with Gasteiger partial charge in [-0.05, 0) is 44.4 Å². The number of rotatable bonds is 9. The van der Waals surface area contributed by atoms with Gasteiger partial charge in [0.1, 0.15) is 17.5 Å². The zero-order chi connectivity index (χ0) is 26.0. The van der Waals surface area contributed by atoms with Gasteiger partial charge in [0.15, 0.2) is 0 Å². The number of anilines is 1. The Morgan fingerprint density at radius 1 is 1.33 bits per heavy atom. The number of carbonyl (C=O) groups is 1. The molecule has 2 heterocycles. The molecule has 4 rings (SSSR count). The van der Waals surface area contributed by atoms with E-state index in [-0.39, 0.29) is 28.2 Å². The van der Waals surface area contributed by atoms with Gasteiger partial charge in [0.05, 0.1) is 41.2 Å². The summed E-state index contributed by atoms with van der Waals surface area (Å²) < 4.78 is 44.9. The molecule has 1 amide bonds. The first-order valence-electron chi connectivity index (χ1n) is 11.3. The highest BCUT2D eigenvalue weighted by Gasteiger charge is 2.30. The van der Waals surface area contributed by atoms with Crippen LogP contribution >= 0.6 is 11.6 Å². The topological polar surface area (TPSA) is 139 Å². The van der Waals surface area contributed by atoms with Crippen LogP contribution in [0.4, 0.5) is 14.9 Å². The van der Waals surface area contributed by atoms with Crippen LogP contribution in [0.1, 0.15) is 43.8 Å². The average molecular weight is 537 g/mol. The van der Waals surface area contributed by atoms with Crippen LogP contribution in [0.25, 0.3) is 22.6 Å². The van der Waals surface area contributed by atoms with E-state index in [4.69, 9.17) is 16.6 Å². The van der Waals surface area contributed by atoms with Gasteiger partial charge >= 0.3 is 6.09 Å². The molecule has 0 bridgehead atoms. The normalized spacial score (nSPS) is 14.4. The third kappa shape index (κ3) is 6.30. The van der Waals surface area contributed by atoms with E-state index in [1.54, 1.807) is 12.3 Å². The van der Waals surface area contributed by atoms with Crippen molar-refractivity contribution in [3.8, 4) is 22.6 Å². The maximum absolute atomic E-state index is 14.5. The molecule has 0 aliphatic heterocycles. The summed E-state index contributed by atoms with van der Waals surface area (Å²) >= 11 is 6.53. The molecule has 1 fully saturated rings. The molecule has 13 heteroatoms. The Morgan fingerprint density at radius 3 is 2.75 bits per heavy atom. The molecule has 1 aromatic carbocycles. The Hall–Kier alpha value is -3.25. The predicted octanol–water partition coefficient (Wildman–Crippen LogP) is 4.25. The van der Waals surface area contributed by atoms with E-state index in [0.717, 1.165) is 31.0 Å². The molecule has 3 aromatic rings. The fourth-order valence-corrected chi connectivity index (χ4v) is 4.56. The van der Waals surface area contributed by atoms with Crippen molar-refractivity contribution in [1.29, 1.82) is 0 Å². The van der Waals surface area contributed by atoms with E-state index in [9.17, 15) is 17.6 Å². The molecule has 0 saturated heterocycles. The van der Waals surface area contributed by atoms with E-state index in [1.165, 1.54) is 13.2 Å². The summed E-state index contributed by atoms with van der Waals surface area (Å²) in [7, 11) is -2.39. The molecule has 36 heavy (non-hydrogen) atoms. The number of sulfonamides is 1. The number of nitrogens with one attached hydrogen (secondary N) is 3. The van der Waals surface area contributed by atoms with Crippen LogP contribution in [-0.4, -0.2) is 53.9 Å². The monoisotopic (exact) mass is 536 g/mol. The number of hydrogen-bond acceptors (Lipinski definition) is 7. The summed E-state index contributed by atoms with van der Waals surface area (Å²) in [6, 6.07) is 3.79. The lowest BCUT2D eigenvalue weighted by Crippen LogP contribution is -2.32. The maximum atomic E-state index is 14.5. The molecule has 1 atom stereocenters. The summed E-state index contributed by atoms with van der Waals surface area (Å²) in [5, 5.41) is 2.72. The van der Waals surface area contributed by atoms with E-state index >= 15 is 0 Å². The third-order valence-corrected chi connectivity index (χ3v) is 6.58. The standard InChI is InChI=1S/C23H26ClFN6O4S/c1-12(27-23(32)35-2)4-7-18-26-9-8-16(28-18)21-20(29-22(30-21)13-5-6-13)15-10-14(25)11-17(19(15)24)31-36(3,33)34/h8-13,31H,4-7H2,1-3H3,(H,27,32)(H,29,30)/t12-/m1/s1. The number of carbonyl (C=O) groups excluding carboxylic acids is 1. The summed E-state index contributed by atoms with van der Waals surface area (Å²) in [4.78, 5) is 28.4. The van der Waals surface area contributed by atoms with Gasteiger partial charge in [0.25, 0.3) is 0 Å². The summed E-state index contributed by atoms with van der Waals surface area (Å²) in [5.41, 5.74) is 1.58. The number of alkyl carbamates (subject to hydrolysis) is 1. The van der Waals surface area contributed by atoms with Crippen LogP contribution in [0, 0.1) is 5.82 Å². The molecule has 1 aliphatic rings. The van der Waals surface area contributed by atoms with Crippen molar-refractivity contribution in [1.82, 2.24) is 25.3 Å². The number of halogens is 2. The van der Waals surface area contributed by atoms with Crippen molar-refractivity contribution in [3.05, 3.63) is 46.9 Å². The van der Waals surface area contributed by atoms with Crippen LogP contribution in [0.2, 0.25) is 5.02 Å². The Kier molecular flexibility index (Phi) is 7.46. The lowest BCUT2D eigenvalue weighted by Gasteiger charge is -2.13. The number of imidazole rings is 1. The van der Waals surface area contributed by atoms with Gasteiger partial charge in [-0.25, -0.2) is 32.6 Å².